The van der Waals surface area contributed by atoms with E-state index in [1.54, 1.807) is 12.1 Å². The average Bonchev–Trinajstić information content (AvgIpc) is 3.02. The molecule has 0 bridgehead atoms. The van der Waals surface area contributed by atoms with Gasteiger partial charge in [-0.3, -0.25) is 4.79 Å². The first kappa shape index (κ1) is 9.94. The molecule has 0 aromatic carbocycles. The monoisotopic (exact) mass is 221 g/mol. The van der Waals surface area contributed by atoms with Crippen LogP contribution in [0.3, 0.4) is 0 Å². The number of pyridine rings is 1. The lowest BCUT2D eigenvalue weighted by Crippen LogP contribution is -2.23. The second-order valence-corrected chi connectivity index (χ2v) is 3.89. The standard InChI is InChI=1S/C10H8ClN3O/c11-7-2-1-5-13-8(7)14-9(15)10(6-12)3-4-10/h1-2,5H,3-4H2,(H,13,14,15). The van der Waals surface area contributed by atoms with Crippen molar-refractivity contribution in [1.29, 1.82) is 5.26 Å². The van der Waals surface area contributed by atoms with Crippen molar-refractivity contribution in [2.45, 2.75) is 12.8 Å². The maximum absolute atomic E-state index is 11.6. The van der Waals surface area contributed by atoms with E-state index in [-0.39, 0.29) is 5.91 Å². The molecule has 1 aromatic rings. The zero-order chi connectivity index (χ0) is 10.9. The molecule has 1 heterocycles. The Bertz CT molecular complexity index is 448. The SMILES string of the molecule is N#CC1(C(=O)Nc2ncccc2Cl)CC1. The quantitative estimate of drug-likeness (QED) is 0.831. The van der Waals surface area contributed by atoms with Crippen LogP contribution in [0.2, 0.25) is 5.02 Å². The molecule has 0 radical (unpaired) electrons. The minimum Gasteiger partial charge on any atom is -0.308 e. The summed E-state index contributed by atoms with van der Waals surface area (Å²) in [7, 11) is 0. The van der Waals surface area contributed by atoms with Crippen LogP contribution in [0.15, 0.2) is 18.3 Å². The number of hydrogen-bond donors (Lipinski definition) is 1. The summed E-state index contributed by atoms with van der Waals surface area (Å²) in [6.07, 6.45) is 2.76. The Hall–Kier alpha value is -1.60. The van der Waals surface area contributed by atoms with Gasteiger partial charge in [0.2, 0.25) is 5.91 Å². The molecule has 1 amide bonds. The molecule has 0 aliphatic heterocycles. The van der Waals surface area contributed by atoms with Gasteiger partial charge in [0.05, 0.1) is 11.1 Å². The van der Waals surface area contributed by atoms with Crippen LogP contribution < -0.4 is 5.32 Å². The Kier molecular flexibility index (Phi) is 2.33. The topological polar surface area (TPSA) is 65.8 Å². The number of nitrogens with zero attached hydrogens (tertiary/aromatic N) is 2. The van der Waals surface area contributed by atoms with Gasteiger partial charge in [0.1, 0.15) is 5.41 Å². The van der Waals surface area contributed by atoms with Crippen molar-refractivity contribution >= 4 is 23.3 Å². The van der Waals surface area contributed by atoms with Crippen LogP contribution in [0.1, 0.15) is 12.8 Å². The van der Waals surface area contributed by atoms with Gasteiger partial charge in [0.25, 0.3) is 0 Å². The van der Waals surface area contributed by atoms with E-state index in [0.717, 1.165) is 0 Å². The molecule has 1 N–H and O–H groups in total. The summed E-state index contributed by atoms with van der Waals surface area (Å²) in [6, 6.07) is 5.32. The Balaban J connectivity index is 2.14. The second kappa shape index (κ2) is 3.52. The third-order valence-corrected chi connectivity index (χ3v) is 2.69. The molecule has 1 aromatic heterocycles. The fourth-order valence-electron chi connectivity index (χ4n) is 1.22. The first-order valence-electron chi connectivity index (χ1n) is 4.51. The predicted octanol–water partition coefficient (Wildman–Crippen LogP) is 1.98. The minimum absolute atomic E-state index is 0.311. The van der Waals surface area contributed by atoms with E-state index in [4.69, 9.17) is 16.9 Å². The maximum atomic E-state index is 11.6. The summed E-state index contributed by atoms with van der Waals surface area (Å²) in [6.45, 7) is 0. The van der Waals surface area contributed by atoms with E-state index in [2.05, 4.69) is 10.3 Å². The van der Waals surface area contributed by atoms with Gasteiger partial charge in [-0.1, -0.05) is 11.6 Å². The van der Waals surface area contributed by atoms with Crippen LogP contribution in [0.4, 0.5) is 5.82 Å². The van der Waals surface area contributed by atoms with Gasteiger partial charge < -0.3 is 5.32 Å². The summed E-state index contributed by atoms with van der Waals surface area (Å²) in [4.78, 5) is 15.6. The van der Waals surface area contributed by atoms with Crippen LogP contribution in [0.5, 0.6) is 0 Å². The molecule has 1 aliphatic carbocycles. The lowest BCUT2D eigenvalue weighted by atomic mass is 10.1. The number of halogens is 1. The van der Waals surface area contributed by atoms with E-state index < -0.39 is 5.41 Å². The molecule has 0 unspecified atom stereocenters. The summed E-state index contributed by atoms with van der Waals surface area (Å²) >= 11 is 5.82. The number of amides is 1. The smallest absolute Gasteiger partial charge is 0.246 e. The minimum atomic E-state index is -0.846. The van der Waals surface area contributed by atoms with Crippen LogP contribution in [0.25, 0.3) is 0 Å². The van der Waals surface area contributed by atoms with Gasteiger partial charge in [-0.05, 0) is 25.0 Å². The number of aromatic nitrogens is 1. The third-order valence-electron chi connectivity index (χ3n) is 2.39. The van der Waals surface area contributed by atoms with Gasteiger partial charge in [-0.25, -0.2) is 4.98 Å². The van der Waals surface area contributed by atoms with Gasteiger partial charge in [0.15, 0.2) is 5.82 Å². The normalized spacial score (nSPS) is 16.5. The van der Waals surface area contributed by atoms with Crippen LogP contribution >= 0.6 is 11.6 Å². The Morgan fingerprint density at radius 1 is 1.67 bits per heavy atom. The molecule has 1 aliphatic rings. The highest BCUT2D eigenvalue weighted by Gasteiger charge is 2.50. The Morgan fingerprint density at radius 2 is 2.40 bits per heavy atom. The maximum Gasteiger partial charge on any atom is 0.246 e. The molecule has 1 saturated carbocycles. The second-order valence-electron chi connectivity index (χ2n) is 3.48. The van der Waals surface area contributed by atoms with Crippen LogP contribution in [-0.2, 0) is 4.79 Å². The van der Waals surface area contributed by atoms with Gasteiger partial charge in [0, 0.05) is 6.20 Å². The number of carbonyl (C=O) groups excluding carboxylic acids is 1. The van der Waals surface area contributed by atoms with Crippen molar-refractivity contribution < 1.29 is 4.79 Å². The highest BCUT2D eigenvalue weighted by atomic mass is 35.5. The first-order chi connectivity index (χ1) is 7.18. The van der Waals surface area contributed by atoms with Crippen LogP contribution in [-0.4, -0.2) is 10.9 Å². The molecule has 2 rings (SSSR count). The largest absolute Gasteiger partial charge is 0.308 e. The molecule has 1 fully saturated rings. The summed E-state index contributed by atoms with van der Waals surface area (Å²) < 4.78 is 0. The van der Waals surface area contributed by atoms with Gasteiger partial charge in [-0.15, -0.1) is 0 Å². The van der Waals surface area contributed by atoms with Crippen molar-refractivity contribution in [1.82, 2.24) is 4.98 Å². The molecule has 4 nitrogen and oxygen atoms in total. The van der Waals surface area contributed by atoms with Crippen molar-refractivity contribution in [3.05, 3.63) is 23.4 Å². The number of carbonyl (C=O) groups is 1. The molecular weight excluding hydrogens is 214 g/mol. The van der Waals surface area contributed by atoms with Crippen molar-refractivity contribution in [2.75, 3.05) is 5.32 Å². The van der Waals surface area contributed by atoms with Gasteiger partial charge in [-0.2, -0.15) is 5.26 Å². The zero-order valence-electron chi connectivity index (χ0n) is 7.83. The summed E-state index contributed by atoms with van der Waals surface area (Å²) in [5.41, 5.74) is -0.846. The number of anilines is 1. The third kappa shape index (κ3) is 1.79. The molecule has 0 saturated heterocycles. The molecular formula is C10H8ClN3O. The Morgan fingerprint density at radius 3 is 2.93 bits per heavy atom. The number of hydrogen-bond acceptors (Lipinski definition) is 3. The van der Waals surface area contributed by atoms with Crippen molar-refractivity contribution in [2.24, 2.45) is 5.41 Å². The molecule has 15 heavy (non-hydrogen) atoms. The van der Waals surface area contributed by atoms with Crippen molar-refractivity contribution in [3.8, 4) is 6.07 Å². The number of nitrogens with one attached hydrogen (secondary N) is 1. The van der Waals surface area contributed by atoms with E-state index >= 15 is 0 Å². The molecule has 0 atom stereocenters. The summed E-state index contributed by atoms with van der Waals surface area (Å²) in [5.74, 6) is -0.00343. The van der Waals surface area contributed by atoms with Crippen LogP contribution in [0, 0.1) is 16.7 Å². The number of rotatable bonds is 2. The molecule has 0 spiro atoms. The van der Waals surface area contributed by atoms with E-state index in [9.17, 15) is 4.79 Å². The van der Waals surface area contributed by atoms with Crippen molar-refractivity contribution in [3.63, 3.8) is 0 Å². The molecule has 5 heteroatoms. The first-order valence-corrected chi connectivity index (χ1v) is 4.89. The zero-order valence-corrected chi connectivity index (χ0v) is 8.58. The lowest BCUT2D eigenvalue weighted by molar-refractivity contribution is -0.119. The van der Waals surface area contributed by atoms with E-state index in [1.165, 1.54) is 6.20 Å². The van der Waals surface area contributed by atoms with E-state index in [1.807, 2.05) is 6.07 Å². The highest BCUT2D eigenvalue weighted by molar-refractivity contribution is 6.33. The van der Waals surface area contributed by atoms with Gasteiger partial charge >= 0.3 is 0 Å². The predicted molar refractivity (Wildman–Crippen MR) is 55.2 cm³/mol. The number of nitriles is 1. The van der Waals surface area contributed by atoms with E-state index in [0.29, 0.717) is 23.7 Å². The summed E-state index contributed by atoms with van der Waals surface area (Å²) in [5, 5.41) is 11.7. The fraction of sp³-hybridized carbons (Fsp3) is 0.300. The average molecular weight is 222 g/mol. The fourth-order valence-corrected chi connectivity index (χ4v) is 1.39. The lowest BCUT2D eigenvalue weighted by Gasteiger charge is -2.07. The molecule has 76 valence electrons. The highest BCUT2D eigenvalue weighted by Crippen LogP contribution is 2.45. The Labute approximate surface area is 91.9 Å².